The smallest absolute Gasteiger partial charge is 0.391 e. The molecule has 2 N–H and O–H groups in total. The molecule has 0 amide bonds. The summed E-state index contributed by atoms with van der Waals surface area (Å²) in [4.78, 5) is 22.3. The Hall–Kier alpha value is -2.10. The molecule has 0 unspecified atom stereocenters. The fraction of sp³-hybridized carbons (Fsp3) is 0.286. The molecule has 1 rings (SSSR count). The molecule has 1 heterocycles. The van der Waals surface area contributed by atoms with Crippen molar-refractivity contribution in [1.29, 1.82) is 0 Å². The molecule has 1 aromatic rings. The number of nitrogens with one attached hydrogen (secondary N) is 1. The fourth-order valence-corrected chi connectivity index (χ4v) is 1.03. The van der Waals surface area contributed by atoms with Crippen LogP contribution in [0.1, 0.15) is 5.56 Å². The molecule has 0 aliphatic rings. The van der Waals surface area contributed by atoms with Crippen molar-refractivity contribution in [2.75, 3.05) is 0 Å². The number of aromatic amines is 1. The first-order valence-corrected chi connectivity index (χ1v) is 4.02. The largest absolute Gasteiger partial charge is 0.574 e. The van der Waals surface area contributed by atoms with Gasteiger partial charge in [-0.15, -0.1) is 13.2 Å². The summed E-state index contributed by atoms with van der Waals surface area (Å²) in [5.74, 6) is -1.07. The number of hydrogen-bond donors (Lipinski definition) is 2. The molecule has 1 aromatic heterocycles. The number of nitro groups is 1. The van der Waals surface area contributed by atoms with E-state index < -0.39 is 40.5 Å². The van der Waals surface area contributed by atoms with Gasteiger partial charge in [-0.1, -0.05) is 0 Å². The van der Waals surface area contributed by atoms with Gasteiger partial charge in [-0.2, -0.15) is 0 Å². The summed E-state index contributed by atoms with van der Waals surface area (Å²) in [6, 6.07) is 0. The van der Waals surface area contributed by atoms with E-state index in [9.17, 15) is 28.1 Å². The summed E-state index contributed by atoms with van der Waals surface area (Å²) in [5, 5.41) is 19.0. The van der Waals surface area contributed by atoms with Crippen LogP contribution in [0.5, 0.6) is 5.88 Å². The van der Waals surface area contributed by atoms with Gasteiger partial charge >= 0.3 is 12.0 Å². The summed E-state index contributed by atoms with van der Waals surface area (Å²) in [5.41, 5.74) is -3.18. The lowest BCUT2D eigenvalue weighted by molar-refractivity contribution is -0.386. The van der Waals surface area contributed by atoms with Gasteiger partial charge in [0.25, 0.3) is 5.43 Å². The molecule has 17 heavy (non-hydrogen) atoms. The molecule has 0 aliphatic carbocycles. The van der Waals surface area contributed by atoms with Crippen LogP contribution in [0.25, 0.3) is 0 Å². The summed E-state index contributed by atoms with van der Waals surface area (Å²) in [6.45, 7) is -1.12. The number of nitrogens with zero attached hydrogens (tertiary/aromatic N) is 1. The fourth-order valence-electron chi connectivity index (χ4n) is 1.03. The minimum atomic E-state index is -5.08. The van der Waals surface area contributed by atoms with Crippen molar-refractivity contribution >= 4 is 5.69 Å². The van der Waals surface area contributed by atoms with Crippen LogP contribution >= 0.6 is 0 Å². The highest BCUT2D eigenvalue weighted by Gasteiger charge is 2.34. The second-order valence-corrected chi connectivity index (χ2v) is 2.77. The zero-order valence-electron chi connectivity index (χ0n) is 7.95. The summed E-state index contributed by atoms with van der Waals surface area (Å²) >= 11 is 0. The molecule has 0 aliphatic heterocycles. The predicted octanol–water partition coefficient (Wildman–Crippen LogP) is 0.674. The van der Waals surface area contributed by atoms with Gasteiger partial charge in [-0.25, -0.2) is 0 Å². The number of hydrogen-bond acceptors (Lipinski definition) is 5. The third-order valence-corrected chi connectivity index (χ3v) is 1.69. The third kappa shape index (κ3) is 2.93. The Balaban J connectivity index is 3.32. The van der Waals surface area contributed by atoms with Crippen molar-refractivity contribution in [3.63, 3.8) is 0 Å². The molecular formula is C7H5F3N2O5. The van der Waals surface area contributed by atoms with Crippen molar-refractivity contribution in [3.05, 3.63) is 32.1 Å². The SMILES string of the molecule is O=c1c([N+](=O)[O-])c[nH]c(OC(F)(F)F)c1CO. The van der Waals surface area contributed by atoms with Crippen LogP contribution in [0.15, 0.2) is 11.0 Å². The molecule has 0 saturated heterocycles. The third-order valence-electron chi connectivity index (χ3n) is 1.69. The molecule has 0 spiro atoms. The van der Waals surface area contributed by atoms with Crippen molar-refractivity contribution in [2.24, 2.45) is 0 Å². The monoisotopic (exact) mass is 254 g/mol. The lowest BCUT2D eigenvalue weighted by Crippen LogP contribution is -2.23. The van der Waals surface area contributed by atoms with E-state index in [4.69, 9.17) is 5.11 Å². The molecular weight excluding hydrogens is 249 g/mol. The number of rotatable bonds is 3. The van der Waals surface area contributed by atoms with Gasteiger partial charge in [-0.3, -0.25) is 14.9 Å². The molecule has 94 valence electrons. The van der Waals surface area contributed by atoms with Crippen LogP contribution in [0.2, 0.25) is 0 Å². The normalized spacial score (nSPS) is 11.3. The van der Waals surface area contributed by atoms with Gasteiger partial charge < -0.3 is 14.8 Å². The highest BCUT2D eigenvalue weighted by molar-refractivity contribution is 5.37. The van der Waals surface area contributed by atoms with Crippen LogP contribution in [0.4, 0.5) is 18.9 Å². The number of ether oxygens (including phenoxy) is 1. The maximum Gasteiger partial charge on any atom is 0.574 e. The second kappa shape index (κ2) is 4.41. The summed E-state index contributed by atoms with van der Waals surface area (Å²) in [7, 11) is 0. The first-order chi connectivity index (χ1) is 7.76. The van der Waals surface area contributed by atoms with Gasteiger partial charge in [0.2, 0.25) is 5.88 Å². The number of pyridine rings is 1. The molecule has 0 aromatic carbocycles. The van der Waals surface area contributed by atoms with Crippen LogP contribution in [0.3, 0.4) is 0 Å². The molecule has 0 radical (unpaired) electrons. The summed E-state index contributed by atoms with van der Waals surface area (Å²) < 4.78 is 39.1. The Labute approximate surface area is 90.6 Å². The highest BCUT2D eigenvalue weighted by Crippen LogP contribution is 2.23. The lowest BCUT2D eigenvalue weighted by Gasteiger charge is -2.10. The van der Waals surface area contributed by atoms with Crippen molar-refractivity contribution in [1.82, 2.24) is 4.98 Å². The average molecular weight is 254 g/mol. The second-order valence-electron chi connectivity index (χ2n) is 2.77. The Bertz CT molecular complexity index is 495. The minimum absolute atomic E-state index is 0.461. The Kier molecular flexibility index (Phi) is 3.36. The number of halogens is 3. The maximum atomic E-state index is 11.9. The molecule has 0 bridgehead atoms. The first-order valence-electron chi connectivity index (χ1n) is 4.02. The van der Waals surface area contributed by atoms with E-state index in [0.29, 0.717) is 6.20 Å². The van der Waals surface area contributed by atoms with Gasteiger partial charge in [0.1, 0.15) is 0 Å². The minimum Gasteiger partial charge on any atom is -0.391 e. The molecule has 0 saturated carbocycles. The number of aromatic nitrogens is 1. The number of alkyl halides is 3. The van der Waals surface area contributed by atoms with Gasteiger partial charge in [-0.05, 0) is 0 Å². The predicted molar refractivity (Wildman–Crippen MR) is 46.3 cm³/mol. The number of aliphatic hydroxyl groups excluding tert-OH is 1. The highest BCUT2D eigenvalue weighted by atomic mass is 19.4. The van der Waals surface area contributed by atoms with Crippen molar-refractivity contribution in [3.8, 4) is 5.88 Å². The Morgan fingerprint density at radius 1 is 1.53 bits per heavy atom. The van der Waals surface area contributed by atoms with E-state index in [0.717, 1.165) is 0 Å². The van der Waals surface area contributed by atoms with E-state index in [1.807, 2.05) is 0 Å². The van der Waals surface area contributed by atoms with E-state index >= 15 is 0 Å². The van der Waals surface area contributed by atoms with Gasteiger partial charge in [0.05, 0.1) is 23.3 Å². The topological polar surface area (TPSA) is 105 Å². The Morgan fingerprint density at radius 2 is 2.12 bits per heavy atom. The van der Waals surface area contributed by atoms with Crippen LogP contribution in [-0.2, 0) is 6.61 Å². The molecule has 0 fully saturated rings. The molecule has 0 atom stereocenters. The zero-order valence-corrected chi connectivity index (χ0v) is 7.95. The van der Waals surface area contributed by atoms with E-state index in [1.54, 1.807) is 4.98 Å². The number of aliphatic hydroxyl groups is 1. The van der Waals surface area contributed by atoms with Crippen LogP contribution in [0, 0.1) is 10.1 Å². The van der Waals surface area contributed by atoms with Crippen LogP contribution in [-0.4, -0.2) is 21.4 Å². The summed E-state index contributed by atoms with van der Waals surface area (Å²) in [6.07, 6.45) is -4.62. The first kappa shape index (κ1) is 13.0. The van der Waals surface area contributed by atoms with E-state index in [2.05, 4.69) is 4.74 Å². The van der Waals surface area contributed by atoms with Gasteiger partial charge in [0, 0.05) is 0 Å². The van der Waals surface area contributed by atoms with Crippen molar-refractivity contribution in [2.45, 2.75) is 13.0 Å². The molecule has 7 nitrogen and oxygen atoms in total. The van der Waals surface area contributed by atoms with Crippen molar-refractivity contribution < 1.29 is 27.9 Å². The average Bonchev–Trinajstić information content (AvgIpc) is 2.15. The standard InChI is InChI=1S/C7H5F3N2O5/c8-7(9,10)17-6-3(2-13)5(14)4(1-11-6)12(15)16/h1,13H,2H2,(H,11,14). The van der Waals surface area contributed by atoms with Gasteiger partial charge in [0.15, 0.2) is 0 Å². The van der Waals surface area contributed by atoms with E-state index in [-0.39, 0.29) is 0 Å². The molecule has 10 heteroatoms. The Morgan fingerprint density at radius 3 is 2.53 bits per heavy atom. The quantitative estimate of drug-likeness (QED) is 0.609. The lowest BCUT2D eigenvalue weighted by atomic mass is 10.2. The maximum absolute atomic E-state index is 11.9. The van der Waals surface area contributed by atoms with Crippen LogP contribution < -0.4 is 10.2 Å². The number of H-pyrrole nitrogens is 1. The zero-order chi connectivity index (χ0) is 13.2. The van der Waals surface area contributed by atoms with E-state index in [1.165, 1.54) is 0 Å².